The molecule has 1 unspecified atom stereocenters. The van der Waals surface area contributed by atoms with Crippen LogP contribution in [0.1, 0.15) is 12.0 Å². The van der Waals surface area contributed by atoms with Crippen molar-refractivity contribution in [3.8, 4) is 0 Å². The van der Waals surface area contributed by atoms with Gasteiger partial charge in [0.05, 0.1) is 10.7 Å². The van der Waals surface area contributed by atoms with E-state index in [2.05, 4.69) is 52.0 Å². The van der Waals surface area contributed by atoms with Crippen LogP contribution < -0.4 is 4.90 Å². The van der Waals surface area contributed by atoms with Crippen molar-refractivity contribution >= 4 is 33.2 Å². The third kappa shape index (κ3) is 3.40. The molecule has 0 bridgehead atoms. The molecule has 0 radical (unpaired) electrons. The Balaban J connectivity index is 2.02. The smallest absolute Gasteiger partial charge is 0.0642 e. The Hall–Kier alpha value is -0.250. The summed E-state index contributed by atoms with van der Waals surface area (Å²) in [6, 6.07) is 6.30. The minimum atomic E-state index is 0.756. The van der Waals surface area contributed by atoms with Gasteiger partial charge in [-0.1, -0.05) is 33.6 Å². The lowest BCUT2D eigenvalue weighted by molar-refractivity contribution is 0.396. The maximum atomic E-state index is 6.34. The number of alkyl halides is 1. The minimum absolute atomic E-state index is 0.756. The molecule has 0 amide bonds. The summed E-state index contributed by atoms with van der Waals surface area (Å²) in [7, 11) is 4.32. The summed E-state index contributed by atoms with van der Waals surface area (Å²) in [4.78, 5) is 4.68. The molecule has 1 aromatic rings. The summed E-state index contributed by atoms with van der Waals surface area (Å²) >= 11 is 9.80. The molecule has 0 spiro atoms. The van der Waals surface area contributed by atoms with Crippen molar-refractivity contribution in [1.29, 1.82) is 0 Å². The van der Waals surface area contributed by atoms with Gasteiger partial charge in [-0.3, -0.25) is 0 Å². The molecule has 2 nitrogen and oxygen atoms in total. The van der Waals surface area contributed by atoms with Crippen LogP contribution in [0.3, 0.4) is 0 Å². The molecule has 1 heterocycles. The summed E-state index contributed by atoms with van der Waals surface area (Å²) in [5.74, 6) is 0.756. The number of rotatable bonds is 4. The third-order valence-corrected chi connectivity index (χ3v) is 4.55. The van der Waals surface area contributed by atoms with E-state index in [9.17, 15) is 0 Å². The quantitative estimate of drug-likeness (QED) is 0.778. The van der Waals surface area contributed by atoms with E-state index in [-0.39, 0.29) is 0 Å². The van der Waals surface area contributed by atoms with Crippen molar-refractivity contribution in [2.75, 3.05) is 38.6 Å². The third-order valence-electron chi connectivity index (χ3n) is 3.60. The lowest BCUT2D eigenvalue weighted by Gasteiger charge is -2.24. The van der Waals surface area contributed by atoms with Gasteiger partial charge in [0.1, 0.15) is 0 Å². The molecule has 4 heteroatoms. The van der Waals surface area contributed by atoms with Crippen LogP contribution >= 0.6 is 27.5 Å². The standard InChI is InChI=1S/C14H20BrClN2/c1-17-6-5-12(9-17)10-18(2)14-4-3-11(8-15)7-13(14)16/h3-4,7,12H,5-6,8-10H2,1-2H3. The van der Waals surface area contributed by atoms with Crippen LogP contribution in [-0.4, -0.2) is 38.6 Å². The number of hydrogen-bond donors (Lipinski definition) is 0. The van der Waals surface area contributed by atoms with E-state index in [4.69, 9.17) is 11.6 Å². The topological polar surface area (TPSA) is 6.48 Å². The molecule has 18 heavy (non-hydrogen) atoms. The van der Waals surface area contributed by atoms with E-state index in [1.165, 1.54) is 25.1 Å². The fourth-order valence-electron chi connectivity index (χ4n) is 2.60. The SMILES string of the molecule is CN1CCC(CN(C)c2ccc(CBr)cc2Cl)C1. The summed E-state index contributed by atoms with van der Waals surface area (Å²) in [5.41, 5.74) is 2.36. The van der Waals surface area contributed by atoms with Crippen LogP contribution in [0.15, 0.2) is 18.2 Å². The highest BCUT2D eigenvalue weighted by Gasteiger charge is 2.21. The number of likely N-dealkylation sites (tertiary alicyclic amines) is 1. The number of nitrogens with zero attached hydrogens (tertiary/aromatic N) is 2. The highest BCUT2D eigenvalue weighted by molar-refractivity contribution is 9.08. The molecule has 1 atom stereocenters. The fraction of sp³-hybridized carbons (Fsp3) is 0.571. The number of benzene rings is 1. The van der Waals surface area contributed by atoms with Gasteiger partial charge in [-0.15, -0.1) is 0 Å². The second-order valence-corrected chi connectivity index (χ2v) is 6.18. The largest absolute Gasteiger partial charge is 0.373 e. The average Bonchev–Trinajstić information content (AvgIpc) is 2.74. The highest BCUT2D eigenvalue weighted by atomic mass is 79.9. The zero-order valence-corrected chi connectivity index (χ0v) is 13.3. The Kier molecular flexibility index (Phi) is 4.93. The lowest BCUT2D eigenvalue weighted by atomic mass is 10.1. The van der Waals surface area contributed by atoms with Gasteiger partial charge in [0.15, 0.2) is 0 Å². The Bertz CT molecular complexity index is 411. The van der Waals surface area contributed by atoms with Crippen LogP contribution in [0, 0.1) is 5.92 Å². The first-order valence-corrected chi connectivity index (χ1v) is 7.84. The molecular formula is C14H20BrClN2. The van der Waals surface area contributed by atoms with E-state index >= 15 is 0 Å². The van der Waals surface area contributed by atoms with Crippen molar-refractivity contribution in [2.45, 2.75) is 11.8 Å². The Morgan fingerprint density at radius 1 is 1.50 bits per heavy atom. The highest BCUT2D eigenvalue weighted by Crippen LogP contribution is 2.28. The second kappa shape index (κ2) is 6.27. The molecule has 1 saturated heterocycles. The van der Waals surface area contributed by atoms with Gasteiger partial charge >= 0.3 is 0 Å². The molecule has 0 aromatic heterocycles. The van der Waals surface area contributed by atoms with Crippen LogP contribution in [-0.2, 0) is 5.33 Å². The number of hydrogen-bond acceptors (Lipinski definition) is 2. The Morgan fingerprint density at radius 2 is 2.28 bits per heavy atom. The molecule has 100 valence electrons. The van der Waals surface area contributed by atoms with Crippen molar-refractivity contribution in [3.63, 3.8) is 0 Å². The molecular weight excluding hydrogens is 312 g/mol. The number of anilines is 1. The summed E-state index contributed by atoms with van der Waals surface area (Å²) < 4.78 is 0. The minimum Gasteiger partial charge on any atom is -0.373 e. The van der Waals surface area contributed by atoms with Crippen molar-refractivity contribution < 1.29 is 0 Å². The van der Waals surface area contributed by atoms with E-state index in [0.717, 1.165) is 28.5 Å². The van der Waals surface area contributed by atoms with Crippen molar-refractivity contribution in [3.05, 3.63) is 28.8 Å². The van der Waals surface area contributed by atoms with Crippen molar-refractivity contribution in [1.82, 2.24) is 4.90 Å². The first-order chi connectivity index (χ1) is 8.60. The van der Waals surface area contributed by atoms with E-state index in [1.807, 2.05) is 6.07 Å². The summed E-state index contributed by atoms with van der Waals surface area (Å²) in [6.45, 7) is 3.49. The molecule has 0 aliphatic carbocycles. The molecule has 1 aliphatic heterocycles. The maximum Gasteiger partial charge on any atom is 0.0642 e. The second-order valence-electron chi connectivity index (χ2n) is 5.22. The van der Waals surface area contributed by atoms with Crippen LogP contribution in [0.5, 0.6) is 0 Å². The van der Waals surface area contributed by atoms with Gasteiger partial charge in [-0.05, 0) is 43.6 Å². The zero-order valence-electron chi connectivity index (χ0n) is 11.0. The molecule has 1 aromatic carbocycles. The van der Waals surface area contributed by atoms with Gasteiger partial charge in [-0.25, -0.2) is 0 Å². The summed E-state index contributed by atoms with van der Waals surface area (Å²) in [6.07, 6.45) is 1.29. The molecule has 2 rings (SSSR count). The Labute approximate surface area is 123 Å². The molecule has 1 aliphatic rings. The van der Waals surface area contributed by atoms with E-state index < -0.39 is 0 Å². The lowest BCUT2D eigenvalue weighted by Crippen LogP contribution is -2.27. The van der Waals surface area contributed by atoms with Crippen LogP contribution in [0.2, 0.25) is 5.02 Å². The van der Waals surface area contributed by atoms with Crippen LogP contribution in [0.25, 0.3) is 0 Å². The van der Waals surface area contributed by atoms with Gasteiger partial charge in [0.2, 0.25) is 0 Å². The zero-order chi connectivity index (χ0) is 13.1. The molecule has 0 N–H and O–H groups in total. The normalized spacial score (nSPS) is 20.3. The van der Waals surface area contributed by atoms with Gasteiger partial charge < -0.3 is 9.80 Å². The van der Waals surface area contributed by atoms with Gasteiger partial charge in [0.25, 0.3) is 0 Å². The predicted octanol–water partition coefficient (Wildman–Crippen LogP) is 3.62. The monoisotopic (exact) mass is 330 g/mol. The number of halogens is 2. The van der Waals surface area contributed by atoms with E-state index in [0.29, 0.717) is 0 Å². The first kappa shape index (κ1) is 14.2. The fourth-order valence-corrected chi connectivity index (χ4v) is 3.30. The van der Waals surface area contributed by atoms with Crippen LogP contribution in [0.4, 0.5) is 5.69 Å². The van der Waals surface area contributed by atoms with Gasteiger partial charge in [0, 0.05) is 25.5 Å². The molecule has 1 fully saturated rings. The molecule has 0 saturated carbocycles. The van der Waals surface area contributed by atoms with Crippen molar-refractivity contribution in [2.24, 2.45) is 5.92 Å². The first-order valence-electron chi connectivity index (χ1n) is 6.34. The maximum absolute atomic E-state index is 6.34. The predicted molar refractivity (Wildman–Crippen MR) is 83.0 cm³/mol. The Morgan fingerprint density at radius 3 is 2.83 bits per heavy atom. The van der Waals surface area contributed by atoms with Gasteiger partial charge in [-0.2, -0.15) is 0 Å². The van der Waals surface area contributed by atoms with E-state index in [1.54, 1.807) is 0 Å². The summed E-state index contributed by atoms with van der Waals surface area (Å²) in [5, 5.41) is 1.70. The average molecular weight is 332 g/mol.